The number of amides is 1. The minimum atomic E-state index is -0.0843. The van der Waals surface area contributed by atoms with Gasteiger partial charge >= 0.3 is 5.97 Å². The zero-order valence-corrected chi connectivity index (χ0v) is 17.5. The molecule has 1 aliphatic carbocycles. The first-order valence-electron chi connectivity index (χ1n) is 10.5. The van der Waals surface area contributed by atoms with E-state index in [1.165, 1.54) is 11.3 Å². The second kappa shape index (κ2) is 11.9. The van der Waals surface area contributed by atoms with Crippen molar-refractivity contribution in [3.8, 4) is 0 Å². The molecule has 2 N–H and O–H groups in total. The molecule has 28 heavy (non-hydrogen) atoms. The zero-order valence-electron chi connectivity index (χ0n) is 17.5. The number of nitrogens with one attached hydrogen (secondary N) is 2. The van der Waals surface area contributed by atoms with Gasteiger partial charge in [0.2, 0.25) is 5.91 Å². The lowest BCUT2D eigenvalue weighted by atomic mass is 9.86. The van der Waals surface area contributed by atoms with Crippen LogP contribution in [-0.2, 0) is 19.1 Å². The fraction of sp³-hybridized carbons (Fsp3) is 0.850. The highest BCUT2D eigenvalue weighted by molar-refractivity contribution is 5.85. The quantitative estimate of drug-likeness (QED) is 0.383. The van der Waals surface area contributed by atoms with Crippen molar-refractivity contribution < 1.29 is 19.1 Å². The van der Waals surface area contributed by atoms with Crippen LogP contribution in [0.2, 0.25) is 0 Å². The molecule has 1 aliphatic heterocycles. The van der Waals surface area contributed by atoms with Crippen molar-refractivity contribution in [2.75, 3.05) is 40.4 Å². The molecular weight excluding hydrogens is 360 g/mol. The molecular formula is C20H36N4O4. The van der Waals surface area contributed by atoms with E-state index in [0.717, 1.165) is 45.1 Å². The standard InChI is InChI=1S/C20H36N4O4/c1-4-27-19(26)15-8-10-16(11-9-15)23-20(22-14-18(25)24(2)3)21-13-17-7-5-6-12-28-17/h15-17H,4-14H2,1-3H3,(H2,21,22,23). The normalized spacial score (nSPS) is 25.7. The predicted octanol–water partition coefficient (Wildman–Crippen LogP) is 1.30. The first-order chi connectivity index (χ1) is 13.5. The van der Waals surface area contributed by atoms with E-state index in [1.54, 1.807) is 14.1 Å². The van der Waals surface area contributed by atoms with Gasteiger partial charge in [0.15, 0.2) is 5.96 Å². The Morgan fingerprint density at radius 2 is 1.89 bits per heavy atom. The number of esters is 1. The van der Waals surface area contributed by atoms with Gasteiger partial charge in [-0.2, -0.15) is 0 Å². The van der Waals surface area contributed by atoms with E-state index in [0.29, 0.717) is 19.1 Å². The van der Waals surface area contributed by atoms with Gasteiger partial charge in [0, 0.05) is 33.3 Å². The van der Waals surface area contributed by atoms with Crippen molar-refractivity contribution in [2.45, 2.75) is 64.0 Å². The number of carbonyl (C=O) groups excluding carboxylic acids is 2. The largest absolute Gasteiger partial charge is 0.466 e. The molecule has 2 fully saturated rings. The summed E-state index contributed by atoms with van der Waals surface area (Å²) in [6.07, 6.45) is 6.92. The maximum Gasteiger partial charge on any atom is 0.308 e. The third-order valence-electron chi connectivity index (χ3n) is 5.33. The molecule has 0 spiro atoms. The second-order valence-corrected chi connectivity index (χ2v) is 7.77. The van der Waals surface area contributed by atoms with E-state index >= 15 is 0 Å². The molecule has 2 aliphatic rings. The smallest absolute Gasteiger partial charge is 0.308 e. The molecule has 1 heterocycles. The molecule has 1 atom stereocenters. The van der Waals surface area contributed by atoms with Gasteiger partial charge in [0.25, 0.3) is 0 Å². The lowest BCUT2D eigenvalue weighted by Gasteiger charge is -2.30. The summed E-state index contributed by atoms with van der Waals surface area (Å²) in [7, 11) is 3.45. The molecule has 1 amide bonds. The molecule has 1 saturated carbocycles. The van der Waals surface area contributed by atoms with Gasteiger partial charge in [0.05, 0.1) is 18.6 Å². The SMILES string of the molecule is CCOC(=O)C1CCC(NC(=NCC(=O)N(C)C)NCC2CCCCO2)CC1. The Bertz CT molecular complexity index is 524. The number of hydrogen-bond donors (Lipinski definition) is 2. The Hall–Kier alpha value is -1.83. The molecule has 0 aromatic carbocycles. The molecule has 1 unspecified atom stereocenters. The van der Waals surface area contributed by atoms with E-state index in [9.17, 15) is 9.59 Å². The summed E-state index contributed by atoms with van der Waals surface area (Å²) >= 11 is 0. The molecule has 8 nitrogen and oxygen atoms in total. The molecule has 2 rings (SSSR count). The average molecular weight is 397 g/mol. The maximum absolute atomic E-state index is 11.9. The van der Waals surface area contributed by atoms with Crippen LogP contribution < -0.4 is 10.6 Å². The number of hydrogen-bond acceptors (Lipinski definition) is 5. The van der Waals surface area contributed by atoms with Crippen molar-refractivity contribution >= 4 is 17.8 Å². The Morgan fingerprint density at radius 1 is 1.14 bits per heavy atom. The Morgan fingerprint density at radius 3 is 2.50 bits per heavy atom. The number of aliphatic imine (C=N–C) groups is 1. The van der Waals surface area contributed by atoms with Crippen LogP contribution in [0.15, 0.2) is 4.99 Å². The number of guanidine groups is 1. The van der Waals surface area contributed by atoms with Crippen LogP contribution in [0.1, 0.15) is 51.9 Å². The minimum absolute atomic E-state index is 0.00249. The fourth-order valence-electron chi connectivity index (χ4n) is 3.55. The fourth-order valence-corrected chi connectivity index (χ4v) is 3.55. The zero-order chi connectivity index (χ0) is 20.4. The molecule has 0 bridgehead atoms. The van der Waals surface area contributed by atoms with Gasteiger partial charge in [-0.3, -0.25) is 9.59 Å². The lowest BCUT2D eigenvalue weighted by molar-refractivity contribution is -0.149. The van der Waals surface area contributed by atoms with E-state index in [2.05, 4.69) is 15.6 Å². The summed E-state index contributed by atoms with van der Waals surface area (Å²) in [6.45, 7) is 3.86. The van der Waals surface area contributed by atoms with E-state index in [4.69, 9.17) is 9.47 Å². The molecule has 160 valence electrons. The molecule has 0 radical (unpaired) electrons. The van der Waals surface area contributed by atoms with Crippen LogP contribution in [0, 0.1) is 5.92 Å². The van der Waals surface area contributed by atoms with E-state index < -0.39 is 0 Å². The maximum atomic E-state index is 11.9. The summed E-state index contributed by atoms with van der Waals surface area (Å²) in [5.74, 6) is 0.515. The average Bonchev–Trinajstić information content (AvgIpc) is 2.71. The van der Waals surface area contributed by atoms with Crippen molar-refractivity contribution in [1.29, 1.82) is 0 Å². The molecule has 1 saturated heterocycles. The second-order valence-electron chi connectivity index (χ2n) is 7.77. The number of ether oxygens (including phenoxy) is 2. The van der Waals surface area contributed by atoms with Crippen LogP contribution in [0.25, 0.3) is 0 Å². The monoisotopic (exact) mass is 396 g/mol. The highest BCUT2D eigenvalue weighted by Crippen LogP contribution is 2.25. The highest BCUT2D eigenvalue weighted by atomic mass is 16.5. The van der Waals surface area contributed by atoms with Crippen molar-refractivity contribution in [1.82, 2.24) is 15.5 Å². The van der Waals surface area contributed by atoms with Gasteiger partial charge in [-0.15, -0.1) is 0 Å². The summed E-state index contributed by atoms with van der Waals surface area (Å²) in [6, 6.07) is 0.235. The van der Waals surface area contributed by atoms with Crippen LogP contribution in [0.4, 0.5) is 0 Å². The number of nitrogens with zero attached hydrogens (tertiary/aromatic N) is 2. The van der Waals surface area contributed by atoms with Crippen LogP contribution >= 0.6 is 0 Å². The lowest BCUT2D eigenvalue weighted by Crippen LogP contribution is -2.48. The predicted molar refractivity (Wildman–Crippen MR) is 108 cm³/mol. The Kier molecular flexibility index (Phi) is 9.54. The van der Waals surface area contributed by atoms with E-state index in [1.807, 2.05) is 6.92 Å². The number of rotatable bonds is 7. The topological polar surface area (TPSA) is 92.3 Å². The van der Waals surface area contributed by atoms with Gasteiger partial charge in [-0.25, -0.2) is 4.99 Å². The summed E-state index contributed by atoms with van der Waals surface area (Å²) in [5.41, 5.74) is 0. The van der Waals surface area contributed by atoms with Gasteiger partial charge in [0.1, 0.15) is 6.54 Å². The van der Waals surface area contributed by atoms with E-state index in [-0.39, 0.29) is 36.5 Å². The van der Waals surface area contributed by atoms with Crippen molar-refractivity contribution in [3.05, 3.63) is 0 Å². The third-order valence-corrected chi connectivity index (χ3v) is 5.33. The minimum Gasteiger partial charge on any atom is -0.466 e. The molecule has 0 aromatic rings. The van der Waals surface area contributed by atoms with Crippen LogP contribution in [0.3, 0.4) is 0 Å². The summed E-state index contributed by atoms with van der Waals surface area (Å²) < 4.78 is 10.9. The summed E-state index contributed by atoms with van der Waals surface area (Å²) in [4.78, 5) is 29.8. The Balaban J connectivity index is 1.86. The number of likely N-dealkylation sites (N-methyl/N-ethyl adjacent to an activating group) is 1. The molecule has 0 aromatic heterocycles. The van der Waals surface area contributed by atoms with Crippen molar-refractivity contribution in [2.24, 2.45) is 10.9 Å². The first-order valence-corrected chi connectivity index (χ1v) is 10.5. The highest BCUT2D eigenvalue weighted by Gasteiger charge is 2.27. The summed E-state index contributed by atoms with van der Waals surface area (Å²) in [5, 5.41) is 6.78. The van der Waals surface area contributed by atoms with Crippen molar-refractivity contribution in [3.63, 3.8) is 0 Å². The Labute approximate surface area is 168 Å². The van der Waals surface area contributed by atoms with Gasteiger partial charge in [-0.05, 0) is 51.9 Å². The van der Waals surface area contributed by atoms with Crippen LogP contribution in [-0.4, -0.2) is 75.3 Å². The number of carbonyl (C=O) groups is 2. The third kappa shape index (κ3) is 7.66. The molecule has 8 heteroatoms. The van der Waals surface area contributed by atoms with Gasteiger partial charge in [-0.1, -0.05) is 0 Å². The van der Waals surface area contributed by atoms with Gasteiger partial charge < -0.3 is 25.0 Å². The van der Waals surface area contributed by atoms with Crippen LogP contribution in [0.5, 0.6) is 0 Å². The first kappa shape index (κ1) is 22.5.